The molecule has 24 heavy (non-hydrogen) atoms. The van der Waals surface area contributed by atoms with Crippen molar-refractivity contribution in [1.29, 1.82) is 0 Å². The highest BCUT2D eigenvalue weighted by Gasteiger charge is 2.39. The van der Waals surface area contributed by atoms with Gasteiger partial charge in [0.1, 0.15) is 11.4 Å². The summed E-state index contributed by atoms with van der Waals surface area (Å²) in [6, 6.07) is 4.51. The van der Waals surface area contributed by atoms with Crippen LogP contribution in [0, 0.1) is 6.92 Å². The van der Waals surface area contributed by atoms with Gasteiger partial charge in [-0.15, -0.1) is 0 Å². The second-order valence-corrected chi connectivity index (χ2v) is 5.79. The number of alkyl halides is 3. The number of aryl methyl sites for hydroxylation is 1. The number of anilines is 1. The van der Waals surface area contributed by atoms with Gasteiger partial charge in [0.05, 0.1) is 0 Å². The van der Waals surface area contributed by atoms with Gasteiger partial charge in [0.2, 0.25) is 0 Å². The van der Waals surface area contributed by atoms with E-state index in [4.69, 9.17) is 9.47 Å². The molecule has 0 saturated carbocycles. The summed E-state index contributed by atoms with van der Waals surface area (Å²) in [5.41, 5.74) is 0.116. The van der Waals surface area contributed by atoms with E-state index in [-0.39, 0.29) is 11.7 Å². The van der Waals surface area contributed by atoms with Crippen LogP contribution < -0.4 is 15.4 Å². The molecule has 8 heteroatoms. The molecule has 1 saturated heterocycles. The van der Waals surface area contributed by atoms with Crippen LogP contribution in [0.25, 0.3) is 0 Å². The van der Waals surface area contributed by atoms with Gasteiger partial charge in [-0.1, -0.05) is 0 Å². The first-order valence-corrected chi connectivity index (χ1v) is 7.63. The van der Waals surface area contributed by atoms with E-state index in [1.54, 1.807) is 13.0 Å². The smallest absolute Gasteiger partial charge is 0.422 e. The molecule has 5 nitrogen and oxygen atoms in total. The Bertz CT molecular complexity index is 584. The Kier molecular flexibility index (Phi) is 5.71. The van der Waals surface area contributed by atoms with Crippen molar-refractivity contribution in [3.05, 3.63) is 23.8 Å². The Morgan fingerprint density at radius 3 is 2.54 bits per heavy atom. The number of methoxy groups -OCH3 is 1. The Morgan fingerprint density at radius 2 is 2.00 bits per heavy atom. The summed E-state index contributed by atoms with van der Waals surface area (Å²) in [7, 11) is 1.50. The molecule has 0 atom stereocenters. The van der Waals surface area contributed by atoms with Crippen molar-refractivity contribution in [3.8, 4) is 5.75 Å². The first kappa shape index (κ1) is 18.5. The topological polar surface area (TPSA) is 59.6 Å². The van der Waals surface area contributed by atoms with Crippen molar-refractivity contribution < 1.29 is 27.4 Å². The molecule has 1 aliphatic heterocycles. The normalized spacial score (nSPS) is 17.4. The maximum atomic E-state index is 12.5. The first-order valence-electron chi connectivity index (χ1n) is 7.63. The van der Waals surface area contributed by atoms with E-state index >= 15 is 0 Å². The molecule has 1 aliphatic rings. The maximum Gasteiger partial charge on any atom is 0.422 e. The van der Waals surface area contributed by atoms with E-state index in [1.165, 1.54) is 19.2 Å². The van der Waals surface area contributed by atoms with Gasteiger partial charge in [-0.05, 0) is 56.6 Å². The van der Waals surface area contributed by atoms with Crippen LogP contribution in [0.4, 0.5) is 18.9 Å². The van der Waals surface area contributed by atoms with E-state index in [2.05, 4.69) is 10.6 Å². The molecule has 0 radical (unpaired) electrons. The maximum absolute atomic E-state index is 12.5. The molecule has 0 bridgehead atoms. The van der Waals surface area contributed by atoms with Crippen LogP contribution in [0.2, 0.25) is 0 Å². The number of carbonyl (C=O) groups is 1. The van der Waals surface area contributed by atoms with Gasteiger partial charge in [-0.3, -0.25) is 4.79 Å². The van der Waals surface area contributed by atoms with Gasteiger partial charge in [0.25, 0.3) is 5.91 Å². The van der Waals surface area contributed by atoms with E-state index in [0.717, 1.165) is 0 Å². The van der Waals surface area contributed by atoms with E-state index in [9.17, 15) is 18.0 Å². The SMILES string of the molecule is COC1(C(=O)Nc2ccc(OCC(F)(F)F)c(C)c2)CCNCC1. The molecule has 0 unspecified atom stereocenters. The highest BCUT2D eigenvalue weighted by atomic mass is 19.4. The van der Waals surface area contributed by atoms with Crippen LogP contribution in [0.15, 0.2) is 18.2 Å². The van der Waals surface area contributed by atoms with Crippen LogP contribution in [0.3, 0.4) is 0 Å². The minimum Gasteiger partial charge on any atom is -0.484 e. The third-order valence-corrected chi connectivity index (χ3v) is 4.04. The molecule has 2 rings (SSSR count). The zero-order valence-corrected chi connectivity index (χ0v) is 13.6. The highest BCUT2D eigenvalue weighted by Crippen LogP contribution is 2.27. The average Bonchev–Trinajstić information content (AvgIpc) is 2.53. The van der Waals surface area contributed by atoms with Gasteiger partial charge in [0.15, 0.2) is 6.61 Å². The van der Waals surface area contributed by atoms with Crippen molar-refractivity contribution in [1.82, 2.24) is 5.32 Å². The van der Waals surface area contributed by atoms with E-state index < -0.39 is 18.4 Å². The quantitative estimate of drug-likeness (QED) is 0.861. The molecule has 0 aliphatic carbocycles. The fourth-order valence-electron chi connectivity index (χ4n) is 2.65. The van der Waals surface area contributed by atoms with Crippen molar-refractivity contribution in [2.24, 2.45) is 0 Å². The number of rotatable bonds is 5. The van der Waals surface area contributed by atoms with Crippen LogP contribution in [-0.2, 0) is 9.53 Å². The summed E-state index contributed by atoms with van der Waals surface area (Å²) in [5, 5.41) is 5.94. The van der Waals surface area contributed by atoms with E-state index in [1.807, 2.05) is 0 Å². The minimum absolute atomic E-state index is 0.133. The lowest BCUT2D eigenvalue weighted by Crippen LogP contribution is -2.51. The third kappa shape index (κ3) is 4.61. The zero-order chi connectivity index (χ0) is 17.8. The summed E-state index contributed by atoms with van der Waals surface area (Å²) < 4.78 is 46.8. The second kappa shape index (κ2) is 7.40. The number of carbonyl (C=O) groups excluding carboxylic acids is 1. The Hall–Kier alpha value is -1.80. The van der Waals surface area contributed by atoms with Crippen LogP contribution >= 0.6 is 0 Å². The standard InChI is InChI=1S/C16H21F3N2O3/c1-11-9-12(3-4-13(11)24-10-16(17,18)19)21-14(22)15(23-2)5-7-20-8-6-15/h3-4,9,20H,5-8,10H2,1-2H3,(H,21,22). The summed E-state index contributed by atoms with van der Waals surface area (Å²) in [4.78, 5) is 12.5. The fraction of sp³-hybridized carbons (Fsp3) is 0.562. The number of hydrogen-bond donors (Lipinski definition) is 2. The van der Waals surface area contributed by atoms with E-state index in [0.29, 0.717) is 37.2 Å². The van der Waals surface area contributed by atoms with Crippen molar-refractivity contribution >= 4 is 11.6 Å². The largest absolute Gasteiger partial charge is 0.484 e. The van der Waals surface area contributed by atoms with Gasteiger partial charge >= 0.3 is 6.18 Å². The molecule has 1 aromatic carbocycles. The lowest BCUT2D eigenvalue weighted by atomic mass is 9.91. The third-order valence-electron chi connectivity index (χ3n) is 4.04. The van der Waals surface area contributed by atoms with Gasteiger partial charge in [-0.25, -0.2) is 0 Å². The first-order chi connectivity index (χ1) is 11.3. The molecule has 1 fully saturated rings. The molecule has 134 valence electrons. The molecule has 2 N–H and O–H groups in total. The number of ether oxygens (including phenoxy) is 2. The molecular weight excluding hydrogens is 325 g/mol. The number of hydrogen-bond acceptors (Lipinski definition) is 4. The van der Waals surface area contributed by atoms with Crippen LogP contribution in [0.1, 0.15) is 18.4 Å². The van der Waals surface area contributed by atoms with Crippen LogP contribution in [-0.4, -0.2) is 44.5 Å². The lowest BCUT2D eigenvalue weighted by molar-refractivity contribution is -0.153. The van der Waals surface area contributed by atoms with Gasteiger partial charge in [-0.2, -0.15) is 13.2 Å². The Morgan fingerprint density at radius 1 is 1.33 bits per heavy atom. The Labute approximate surface area is 138 Å². The highest BCUT2D eigenvalue weighted by molar-refractivity contribution is 5.97. The predicted octanol–water partition coefficient (Wildman–Crippen LogP) is 2.64. The van der Waals surface area contributed by atoms with Gasteiger partial charge < -0.3 is 20.1 Å². The second-order valence-electron chi connectivity index (χ2n) is 5.79. The molecule has 0 spiro atoms. The number of nitrogens with one attached hydrogen (secondary N) is 2. The number of piperidine rings is 1. The molecule has 1 heterocycles. The average molecular weight is 346 g/mol. The summed E-state index contributed by atoms with van der Waals surface area (Å²) in [6.07, 6.45) is -3.28. The monoisotopic (exact) mass is 346 g/mol. The summed E-state index contributed by atoms with van der Waals surface area (Å²) in [5.74, 6) is -0.122. The van der Waals surface area contributed by atoms with Crippen molar-refractivity contribution in [3.63, 3.8) is 0 Å². The molecule has 0 aromatic heterocycles. The lowest BCUT2D eigenvalue weighted by Gasteiger charge is -2.34. The number of amides is 1. The minimum atomic E-state index is -4.39. The van der Waals surface area contributed by atoms with Crippen molar-refractivity contribution in [2.75, 3.05) is 32.1 Å². The predicted molar refractivity (Wildman–Crippen MR) is 83.2 cm³/mol. The summed E-state index contributed by atoms with van der Waals surface area (Å²) in [6.45, 7) is 1.65. The molecule has 1 amide bonds. The Balaban J connectivity index is 2.04. The number of benzene rings is 1. The van der Waals surface area contributed by atoms with Crippen LogP contribution in [0.5, 0.6) is 5.75 Å². The fourth-order valence-corrected chi connectivity index (χ4v) is 2.65. The molecular formula is C16H21F3N2O3. The number of halogens is 3. The molecule has 1 aromatic rings. The zero-order valence-electron chi connectivity index (χ0n) is 13.6. The summed E-state index contributed by atoms with van der Waals surface area (Å²) >= 11 is 0. The van der Waals surface area contributed by atoms with Crippen molar-refractivity contribution in [2.45, 2.75) is 31.5 Å². The van der Waals surface area contributed by atoms with Gasteiger partial charge in [0, 0.05) is 12.8 Å².